The van der Waals surface area contributed by atoms with Crippen molar-refractivity contribution in [3.8, 4) is 0 Å². The molecule has 0 radical (unpaired) electrons. The van der Waals surface area contributed by atoms with Gasteiger partial charge in [-0.25, -0.2) is 4.98 Å². The lowest BCUT2D eigenvalue weighted by molar-refractivity contribution is 0.139. The molecule has 0 unspecified atom stereocenters. The van der Waals surface area contributed by atoms with Crippen LogP contribution in [0.5, 0.6) is 0 Å². The number of hydrogen-bond donors (Lipinski definition) is 0. The van der Waals surface area contributed by atoms with Crippen LogP contribution in [0.2, 0.25) is 0 Å². The van der Waals surface area contributed by atoms with Gasteiger partial charge in [0.25, 0.3) is 0 Å². The highest BCUT2D eigenvalue weighted by Gasteiger charge is 2.08. The Hall–Kier alpha value is -1.06. The summed E-state index contributed by atoms with van der Waals surface area (Å²) in [5.74, 6) is 1.34. The van der Waals surface area contributed by atoms with Gasteiger partial charge in [0.2, 0.25) is 0 Å². The third-order valence-corrected chi connectivity index (χ3v) is 2.76. The van der Waals surface area contributed by atoms with Crippen molar-refractivity contribution in [2.45, 2.75) is 19.3 Å². The molecule has 1 aromatic heterocycles. The average molecular weight is 239 g/mol. The molecule has 0 amide bonds. The molecule has 16 heavy (non-hydrogen) atoms. The van der Waals surface area contributed by atoms with Crippen molar-refractivity contribution in [2.75, 3.05) is 13.2 Å². The fraction of sp³-hybridized carbons (Fsp3) is 0.417. The minimum Gasteiger partial charge on any atom is -0.380 e. The van der Waals surface area contributed by atoms with E-state index in [0.717, 1.165) is 30.0 Å². The Bertz CT molecular complexity index is 467. The second kappa shape index (κ2) is 5.32. The fourth-order valence-electron chi connectivity index (χ4n) is 1.78. The fourth-order valence-corrected chi connectivity index (χ4v) is 1.98. The van der Waals surface area contributed by atoms with Crippen molar-refractivity contribution in [2.24, 2.45) is 0 Å². The predicted octanol–water partition coefficient (Wildman–Crippen LogP) is 2.81. The van der Waals surface area contributed by atoms with Crippen LogP contribution in [0.3, 0.4) is 0 Å². The maximum Gasteiger partial charge on any atom is 0.124 e. The van der Waals surface area contributed by atoms with Crippen LogP contribution in [0.4, 0.5) is 0 Å². The largest absolute Gasteiger partial charge is 0.380 e. The zero-order valence-corrected chi connectivity index (χ0v) is 10.1. The molecule has 0 saturated carbocycles. The van der Waals surface area contributed by atoms with Gasteiger partial charge >= 0.3 is 0 Å². The monoisotopic (exact) mass is 238 g/mol. The minimum atomic E-state index is 0.431. The van der Waals surface area contributed by atoms with E-state index in [1.165, 1.54) is 0 Å². The Kier molecular flexibility index (Phi) is 3.80. The van der Waals surface area contributed by atoms with Gasteiger partial charge in [0.05, 0.1) is 23.5 Å². The van der Waals surface area contributed by atoms with Crippen LogP contribution in [0.25, 0.3) is 11.0 Å². The molecule has 0 atom stereocenters. The Labute approximate surface area is 100.0 Å². The van der Waals surface area contributed by atoms with E-state index in [2.05, 4.69) is 15.6 Å². The van der Waals surface area contributed by atoms with Gasteiger partial charge in [-0.3, -0.25) is 0 Å². The summed E-state index contributed by atoms with van der Waals surface area (Å²) in [6, 6.07) is 8.06. The van der Waals surface area contributed by atoms with E-state index >= 15 is 0 Å². The van der Waals surface area contributed by atoms with E-state index in [4.69, 9.17) is 16.3 Å². The molecule has 0 aliphatic rings. The van der Waals surface area contributed by atoms with E-state index in [1.807, 2.05) is 25.1 Å². The van der Waals surface area contributed by atoms with Gasteiger partial charge in [0.15, 0.2) is 0 Å². The molecular formula is C12H15ClN2O. The van der Waals surface area contributed by atoms with Crippen molar-refractivity contribution in [3.63, 3.8) is 0 Å². The first-order valence-electron chi connectivity index (χ1n) is 5.44. The SMILES string of the molecule is CCOCCn1c(CCl)nc2ccccc21. The molecule has 2 aromatic rings. The molecule has 3 nitrogen and oxygen atoms in total. The molecule has 4 heteroatoms. The number of imidazole rings is 1. The smallest absolute Gasteiger partial charge is 0.124 e. The molecule has 0 N–H and O–H groups in total. The number of benzene rings is 1. The Morgan fingerprint density at radius 2 is 2.19 bits per heavy atom. The number of alkyl halides is 1. The first-order valence-corrected chi connectivity index (χ1v) is 5.98. The highest BCUT2D eigenvalue weighted by Crippen LogP contribution is 2.17. The first kappa shape index (κ1) is 11.4. The van der Waals surface area contributed by atoms with E-state index < -0.39 is 0 Å². The van der Waals surface area contributed by atoms with Crippen LogP contribution >= 0.6 is 11.6 Å². The predicted molar refractivity (Wildman–Crippen MR) is 65.8 cm³/mol. The lowest BCUT2D eigenvalue weighted by atomic mass is 10.3. The third-order valence-electron chi connectivity index (χ3n) is 2.52. The highest BCUT2D eigenvalue weighted by molar-refractivity contribution is 6.16. The molecule has 0 aliphatic carbocycles. The third kappa shape index (κ3) is 2.20. The summed E-state index contributed by atoms with van der Waals surface area (Å²) in [6.07, 6.45) is 0. The number of fused-ring (bicyclic) bond motifs is 1. The summed E-state index contributed by atoms with van der Waals surface area (Å²) >= 11 is 5.89. The van der Waals surface area contributed by atoms with Crippen LogP contribution in [0.15, 0.2) is 24.3 Å². The van der Waals surface area contributed by atoms with Crippen molar-refractivity contribution < 1.29 is 4.74 Å². The zero-order valence-electron chi connectivity index (χ0n) is 9.32. The first-order chi connectivity index (χ1) is 7.86. The average Bonchev–Trinajstić information content (AvgIpc) is 2.68. The Balaban J connectivity index is 2.32. The summed E-state index contributed by atoms with van der Waals surface area (Å²) < 4.78 is 7.49. The van der Waals surface area contributed by atoms with Gasteiger partial charge in [-0.05, 0) is 19.1 Å². The van der Waals surface area contributed by atoms with Crippen molar-refractivity contribution in [1.29, 1.82) is 0 Å². The van der Waals surface area contributed by atoms with Gasteiger partial charge < -0.3 is 9.30 Å². The topological polar surface area (TPSA) is 27.1 Å². The van der Waals surface area contributed by atoms with E-state index in [-0.39, 0.29) is 0 Å². The molecule has 0 aliphatic heterocycles. The van der Waals surface area contributed by atoms with E-state index in [9.17, 15) is 0 Å². The van der Waals surface area contributed by atoms with Crippen LogP contribution in [0, 0.1) is 0 Å². The van der Waals surface area contributed by atoms with Crippen molar-refractivity contribution in [3.05, 3.63) is 30.1 Å². The van der Waals surface area contributed by atoms with Gasteiger partial charge in [-0.1, -0.05) is 12.1 Å². The summed E-state index contributed by atoms with van der Waals surface area (Å²) in [4.78, 5) is 4.49. The number of nitrogens with zero attached hydrogens (tertiary/aromatic N) is 2. The van der Waals surface area contributed by atoms with Crippen LogP contribution in [-0.4, -0.2) is 22.8 Å². The van der Waals surface area contributed by atoms with Crippen LogP contribution in [0.1, 0.15) is 12.7 Å². The van der Waals surface area contributed by atoms with Gasteiger partial charge in [0.1, 0.15) is 5.82 Å². The Morgan fingerprint density at radius 3 is 2.94 bits per heavy atom. The lowest BCUT2D eigenvalue weighted by Crippen LogP contribution is -2.08. The maximum atomic E-state index is 5.89. The minimum absolute atomic E-state index is 0.431. The number of halogens is 1. The number of rotatable bonds is 5. The molecule has 2 rings (SSSR count). The molecule has 0 bridgehead atoms. The van der Waals surface area contributed by atoms with Gasteiger partial charge in [-0.15, -0.1) is 11.6 Å². The lowest BCUT2D eigenvalue weighted by Gasteiger charge is -2.07. The molecule has 1 aromatic carbocycles. The van der Waals surface area contributed by atoms with Crippen molar-refractivity contribution in [1.82, 2.24) is 9.55 Å². The molecule has 0 saturated heterocycles. The quantitative estimate of drug-likeness (QED) is 0.592. The number of ether oxygens (including phenoxy) is 1. The summed E-state index contributed by atoms with van der Waals surface area (Å²) in [5.41, 5.74) is 2.12. The molecule has 86 valence electrons. The molecule has 0 spiro atoms. The summed E-state index contributed by atoms with van der Waals surface area (Å²) in [6.45, 7) is 4.23. The van der Waals surface area contributed by atoms with Crippen molar-refractivity contribution >= 4 is 22.6 Å². The molecular weight excluding hydrogens is 224 g/mol. The Morgan fingerprint density at radius 1 is 1.38 bits per heavy atom. The van der Waals surface area contributed by atoms with Gasteiger partial charge in [-0.2, -0.15) is 0 Å². The second-order valence-electron chi connectivity index (χ2n) is 3.50. The number of hydrogen-bond acceptors (Lipinski definition) is 2. The van der Waals surface area contributed by atoms with E-state index in [0.29, 0.717) is 12.5 Å². The number of para-hydroxylation sites is 2. The second-order valence-corrected chi connectivity index (χ2v) is 3.77. The number of aromatic nitrogens is 2. The van der Waals surface area contributed by atoms with Crippen LogP contribution < -0.4 is 0 Å². The summed E-state index contributed by atoms with van der Waals surface area (Å²) in [5, 5.41) is 0. The highest BCUT2D eigenvalue weighted by atomic mass is 35.5. The molecule has 0 fully saturated rings. The maximum absolute atomic E-state index is 5.89. The standard InChI is InChI=1S/C12H15ClN2O/c1-2-16-8-7-15-11-6-4-3-5-10(11)14-12(15)9-13/h3-6H,2,7-9H2,1H3. The normalized spacial score (nSPS) is 11.1. The van der Waals surface area contributed by atoms with Crippen LogP contribution in [-0.2, 0) is 17.2 Å². The van der Waals surface area contributed by atoms with Gasteiger partial charge in [0, 0.05) is 13.2 Å². The van der Waals surface area contributed by atoms with E-state index in [1.54, 1.807) is 0 Å². The summed E-state index contributed by atoms with van der Waals surface area (Å²) in [7, 11) is 0. The molecule has 1 heterocycles. The zero-order chi connectivity index (χ0) is 11.4.